The summed E-state index contributed by atoms with van der Waals surface area (Å²) in [4.78, 5) is 12.5. The lowest BCUT2D eigenvalue weighted by atomic mass is 9.88. The van der Waals surface area contributed by atoms with Gasteiger partial charge >= 0.3 is 5.97 Å². The van der Waals surface area contributed by atoms with Gasteiger partial charge in [0.25, 0.3) is 0 Å². The molecule has 0 radical (unpaired) electrons. The van der Waals surface area contributed by atoms with Crippen molar-refractivity contribution in [2.24, 2.45) is 5.41 Å². The van der Waals surface area contributed by atoms with Gasteiger partial charge < -0.3 is 9.47 Å². The molecular weight excluding hydrogens is 410 g/mol. The number of fused-ring (bicyclic) bond motifs is 1. The molecular formula is C26H28ClNO3. The van der Waals surface area contributed by atoms with E-state index < -0.39 is 17.2 Å². The summed E-state index contributed by atoms with van der Waals surface area (Å²) >= 11 is 6.03. The van der Waals surface area contributed by atoms with Crippen LogP contribution in [0.15, 0.2) is 66.7 Å². The van der Waals surface area contributed by atoms with Crippen LogP contribution in [0.2, 0.25) is 5.02 Å². The minimum Gasteiger partial charge on any atom is -0.446 e. The molecule has 2 atom stereocenters. The van der Waals surface area contributed by atoms with Crippen molar-refractivity contribution in [3.8, 4) is 0 Å². The smallest absolute Gasteiger partial charge is 0.312 e. The summed E-state index contributed by atoms with van der Waals surface area (Å²) in [6.07, 6.45) is 0.132. The Labute approximate surface area is 188 Å². The standard InChI is InChI=1S/C26H28ClNO3/c1-25(2,3)24(29)31-23-15-26(17-28-23,30-16-18-11-13-20(27)14-12-18)22-10-6-8-19-7-4-5-9-21(19)22/h4-14,23,28H,15-17H2,1-3H3. The van der Waals surface area contributed by atoms with Crippen molar-refractivity contribution in [2.45, 2.75) is 45.6 Å². The molecule has 162 valence electrons. The third kappa shape index (κ3) is 4.77. The lowest BCUT2D eigenvalue weighted by Crippen LogP contribution is -2.33. The van der Waals surface area contributed by atoms with E-state index in [1.165, 1.54) is 0 Å². The van der Waals surface area contributed by atoms with E-state index in [0.29, 0.717) is 24.6 Å². The Morgan fingerprint density at radius 1 is 1.06 bits per heavy atom. The molecule has 1 aliphatic rings. The van der Waals surface area contributed by atoms with E-state index in [1.54, 1.807) is 0 Å². The first-order chi connectivity index (χ1) is 14.8. The molecule has 4 rings (SSSR count). The van der Waals surface area contributed by atoms with Crippen LogP contribution in [-0.4, -0.2) is 18.7 Å². The number of carbonyl (C=O) groups excluding carboxylic acids is 1. The quantitative estimate of drug-likeness (QED) is 0.511. The number of halogens is 1. The molecule has 0 spiro atoms. The molecule has 1 N–H and O–H groups in total. The predicted octanol–water partition coefficient (Wildman–Crippen LogP) is 5.81. The zero-order valence-corrected chi connectivity index (χ0v) is 18.9. The summed E-state index contributed by atoms with van der Waals surface area (Å²) in [6, 6.07) is 22.2. The molecule has 31 heavy (non-hydrogen) atoms. The average Bonchev–Trinajstić information content (AvgIpc) is 3.16. The highest BCUT2D eigenvalue weighted by Crippen LogP contribution is 2.40. The maximum absolute atomic E-state index is 12.5. The molecule has 0 bridgehead atoms. The minimum atomic E-state index is -0.622. The van der Waals surface area contributed by atoms with E-state index in [4.69, 9.17) is 21.1 Å². The van der Waals surface area contributed by atoms with E-state index in [1.807, 2.05) is 57.2 Å². The van der Waals surface area contributed by atoms with Crippen molar-refractivity contribution in [2.75, 3.05) is 6.54 Å². The topological polar surface area (TPSA) is 47.6 Å². The van der Waals surface area contributed by atoms with Crippen LogP contribution in [0.5, 0.6) is 0 Å². The van der Waals surface area contributed by atoms with Gasteiger partial charge in [0.15, 0.2) is 6.23 Å². The van der Waals surface area contributed by atoms with Gasteiger partial charge in [0, 0.05) is 18.0 Å². The van der Waals surface area contributed by atoms with Crippen LogP contribution in [-0.2, 0) is 26.5 Å². The van der Waals surface area contributed by atoms with Gasteiger partial charge in [0.05, 0.1) is 12.0 Å². The molecule has 0 amide bonds. The summed E-state index contributed by atoms with van der Waals surface area (Å²) in [7, 11) is 0. The Hall–Kier alpha value is -2.40. The first-order valence-corrected chi connectivity index (χ1v) is 11.0. The number of ether oxygens (including phenoxy) is 2. The Balaban J connectivity index is 1.66. The van der Waals surface area contributed by atoms with Crippen molar-refractivity contribution in [1.29, 1.82) is 0 Å². The second kappa shape index (κ2) is 8.62. The van der Waals surface area contributed by atoms with Crippen LogP contribution in [0.25, 0.3) is 10.8 Å². The highest BCUT2D eigenvalue weighted by molar-refractivity contribution is 6.30. The number of hydrogen-bond donors (Lipinski definition) is 1. The fraction of sp³-hybridized carbons (Fsp3) is 0.346. The van der Waals surface area contributed by atoms with E-state index in [-0.39, 0.29) is 5.97 Å². The number of hydrogen-bond acceptors (Lipinski definition) is 4. The number of nitrogens with one attached hydrogen (secondary N) is 1. The van der Waals surface area contributed by atoms with Crippen molar-refractivity contribution in [1.82, 2.24) is 5.32 Å². The van der Waals surface area contributed by atoms with Crippen LogP contribution < -0.4 is 5.32 Å². The lowest BCUT2D eigenvalue weighted by molar-refractivity contribution is -0.160. The summed E-state index contributed by atoms with van der Waals surface area (Å²) in [5.74, 6) is -0.226. The van der Waals surface area contributed by atoms with Crippen molar-refractivity contribution in [3.05, 3.63) is 82.9 Å². The van der Waals surface area contributed by atoms with Crippen molar-refractivity contribution < 1.29 is 14.3 Å². The molecule has 1 fully saturated rings. The molecule has 4 nitrogen and oxygen atoms in total. The minimum absolute atomic E-state index is 0.226. The van der Waals surface area contributed by atoms with Gasteiger partial charge in [-0.15, -0.1) is 0 Å². The first-order valence-electron chi connectivity index (χ1n) is 10.6. The molecule has 0 aromatic heterocycles. The van der Waals surface area contributed by atoms with Crippen LogP contribution in [0.3, 0.4) is 0 Å². The zero-order chi connectivity index (χ0) is 22.1. The van der Waals surface area contributed by atoms with Gasteiger partial charge in [-0.05, 0) is 54.8 Å². The van der Waals surface area contributed by atoms with Gasteiger partial charge in [-0.25, -0.2) is 0 Å². The van der Waals surface area contributed by atoms with Crippen LogP contribution in [0.4, 0.5) is 0 Å². The van der Waals surface area contributed by atoms with Gasteiger partial charge in [-0.3, -0.25) is 10.1 Å². The Morgan fingerprint density at radius 2 is 1.77 bits per heavy atom. The van der Waals surface area contributed by atoms with E-state index in [2.05, 4.69) is 35.6 Å². The molecule has 0 saturated carbocycles. The summed E-state index contributed by atoms with van der Waals surface area (Å²) in [6.45, 7) is 6.57. The fourth-order valence-electron chi connectivity index (χ4n) is 3.93. The largest absolute Gasteiger partial charge is 0.446 e. The van der Waals surface area contributed by atoms with Crippen LogP contribution in [0, 0.1) is 5.41 Å². The first kappa shape index (κ1) is 21.8. The summed E-state index contributed by atoms with van der Waals surface area (Å²) in [5.41, 5.74) is 0.959. The van der Waals surface area contributed by atoms with E-state index in [0.717, 1.165) is 21.9 Å². The number of rotatable bonds is 5. The van der Waals surface area contributed by atoms with Crippen LogP contribution in [0.1, 0.15) is 38.3 Å². The predicted molar refractivity (Wildman–Crippen MR) is 124 cm³/mol. The lowest BCUT2D eigenvalue weighted by Gasteiger charge is -2.31. The third-order valence-corrected chi connectivity index (χ3v) is 5.95. The average molecular weight is 438 g/mol. The normalized spacial score (nSPS) is 21.4. The Kier molecular flexibility index (Phi) is 6.07. The maximum Gasteiger partial charge on any atom is 0.312 e. The summed E-state index contributed by atoms with van der Waals surface area (Å²) < 4.78 is 12.4. The van der Waals surface area contributed by atoms with Gasteiger partial charge in [0.2, 0.25) is 0 Å². The SMILES string of the molecule is CC(C)(C)C(=O)OC1CC(OCc2ccc(Cl)cc2)(c2cccc3ccccc23)CN1. The zero-order valence-electron chi connectivity index (χ0n) is 18.2. The molecule has 1 saturated heterocycles. The molecule has 1 heterocycles. The molecule has 0 aliphatic carbocycles. The number of benzene rings is 3. The fourth-order valence-corrected chi connectivity index (χ4v) is 4.06. The molecule has 3 aromatic rings. The van der Waals surface area contributed by atoms with Crippen molar-refractivity contribution in [3.63, 3.8) is 0 Å². The monoisotopic (exact) mass is 437 g/mol. The molecule has 1 aliphatic heterocycles. The maximum atomic E-state index is 12.5. The molecule has 2 unspecified atom stereocenters. The Morgan fingerprint density at radius 3 is 2.52 bits per heavy atom. The van der Waals surface area contributed by atoms with E-state index >= 15 is 0 Å². The highest BCUT2D eigenvalue weighted by Gasteiger charge is 2.44. The number of carbonyl (C=O) groups is 1. The second-order valence-corrected chi connectivity index (χ2v) is 9.60. The second-order valence-electron chi connectivity index (χ2n) is 9.17. The van der Waals surface area contributed by atoms with Gasteiger partial charge in [-0.2, -0.15) is 0 Å². The van der Waals surface area contributed by atoms with Crippen LogP contribution >= 0.6 is 11.6 Å². The van der Waals surface area contributed by atoms with Crippen molar-refractivity contribution >= 4 is 28.3 Å². The number of esters is 1. The third-order valence-electron chi connectivity index (χ3n) is 5.70. The molecule has 5 heteroatoms. The van der Waals surface area contributed by atoms with E-state index in [9.17, 15) is 4.79 Å². The highest BCUT2D eigenvalue weighted by atomic mass is 35.5. The summed E-state index contributed by atoms with van der Waals surface area (Å²) in [5, 5.41) is 6.37. The Bertz CT molecular complexity index is 1070. The molecule has 3 aromatic carbocycles. The van der Waals surface area contributed by atoms with Gasteiger partial charge in [-0.1, -0.05) is 66.2 Å². The van der Waals surface area contributed by atoms with Gasteiger partial charge in [0.1, 0.15) is 5.60 Å².